The summed E-state index contributed by atoms with van der Waals surface area (Å²) in [5.74, 6) is 1.47. The quantitative estimate of drug-likeness (QED) is 0.922. The zero-order valence-corrected chi connectivity index (χ0v) is 14.4. The number of nitrogens with zero attached hydrogens (tertiary/aromatic N) is 4. The van der Waals surface area contributed by atoms with Crippen molar-refractivity contribution in [3.8, 4) is 0 Å². The molecule has 2 aromatic heterocycles. The normalized spacial score (nSPS) is 17.0. The van der Waals surface area contributed by atoms with Crippen LogP contribution < -0.4 is 10.6 Å². The van der Waals surface area contributed by atoms with Gasteiger partial charge in [-0.3, -0.25) is 4.79 Å². The number of amides is 1. The Balaban J connectivity index is 1.64. The van der Waals surface area contributed by atoms with Gasteiger partial charge in [0, 0.05) is 26.2 Å². The van der Waals surface area contributed by atoms with Crippen LogP contribution in [0.5, 0.6) is 0 Å². The zero-order valence-electron chi connectivity index (χ0n) is 13.6. The van der Waals surface area contributed by atoms with Crippen molar-refractivity contribution in [1.29, 1.82) is 0 Å². The van der Waals surface area contributed by atoms with Crippen LogP contribution >= 0.6 is 11.3 Å². The first-order valence-electron chi connectivity index (χ1n) is 8.03. The number of hydrogen-bond acceptors (Lipinski definition) is 6. The van der Waals surface area contributed by atoms with Gasteiger partial charge in [0.25, 0.3) is 0 Å². The van der Waals surface area contributed by atoms with Gasteiger partial charge in [0.1, 0.15) is 17.0 Å². The Kier molecular flexibility index (Phi) is 4.77. The van der Waals surface area contributed by atoms with Crippen LogP contribution in [-0.2, 0) is 4.79 Å². The Bertz CT molecular complexity index is 678. The number of nitrogens with two attached hydrogens (primary N) is 1. The van der Waals surface area contributed by atoms with Gasteiger partial charge in [-0.25, -0.2) is 9.97 Å². The van der Waals surface area contributed by atoms with Crippen molar-refractivity contribution >= 4 is 33.3 Å². The average molecular weight is 333 g/mol. The van der Waals surface area contributed by atoms with Crippen molar-refractivity contribution in [2.75, 3.05) is 31.1 Å². The number of carbonyl (C=O) groups is 1. The van der Waals surface area contributed by atoms with Crippen LogP contribution in [0.4, 0.5) is 5.82 Å². The van der Waals surface area contributed by atoms with Crippen molar-refractivity contribution < 1.29 is 4.79 Å². The fourth-order valence-electron chi connectivity index (χ4n) is 3.01. The number of rotatable bonds is 4. The van der Waals surface area contributed by atoms with Gasteiger partial charge in [0.05, 0.1) is 11.4 Å². The average Bonchev–Trinajstić information content (AvgIpc) is 3.02. The minimum Gasteiger partial charge on any atom is -0.352 e. The molecule has 0 aromatic carbocycles. The highest BCUT2D eigenvalue weighted by Crippen LogP contribution is 2.27. The van der Waals surface area contributed by atoms with Crippen LogP contribution in [-0.4, -0.2) is 53.0 Å². The molecule has 0 aliphatic carbocycles. The molecule has 0 saturated carbocycles. The predicted molar refractivity (Wildman–Crippen MR) is 93.6 cm³/mol. The van der Waals surface area contributed by atoms with Gasteiger partial charge in [-0.15, -0.1) is 11.3 Å². The van der Waals surface area contributed by atoms with E-state index in [4.69, 9.17) is 5.73 Å². The number of piperazine rings is 1. The van der Waals surface area contributed by atoms with Crippen molar-refractivity contribution in [3.63, 3.8) is 0 Å². The lowest BCUT2D eigenvalue weighted by molar-refractivity contribution is -0.133. The summed E-state index contributed by atoms with van der Waals surface area (Å²) in [5, 5.41) is 3.13. The van der Waals surface area contributed by atoms with Crippen LogP contribution in [0.2, 0.25) is 0 Å². The van der Waals surface area contributed by atoms with E-state index in [2.05, 4.69) is 34.8 Å². The minimum atomic E-state index is -0.385. The molecule has 1 saturated heterocycles. The summed E-state index contributed by atoms with van der Waals surface area (Å²) in [4.78, 5) is 26.3. The number of fused-ring (bicyclic) bond motifs is 1. The molecule has 7 heteroatoms. The number of anilines is 1. The number of aromatic nitrogens is 2. The molecule has 3 rings (SSSR count). The molecule has 0 unspecified atom stereocenters. The Morgan fingerprint density at radius 1 is 1.30 bits per heavy atom. The number of hydrogen-bond donors (Lipinski definition) is 1. The van der Waals surface area contributed by atoms with Crippen molar-refractivity contribution in [2.45, 2.75) is 26.3 Å². The first-order chi connectivity index (χ1) is 11.1. The van der Waals surface area contributed by atoms with E-state index in [0.717, 1.165) is 35.5 Å². The van der Waals surface area contributed by atoms with E-state index in [1.165, 1.54) is 0 Å². The topological polar surface area (TPSA) is 75.4 Å². The molecular formula is C16H23N5OS. The summed E-state index contributed by atoms with van der Waals surface area (Å²) >= 11 is 1.62. The van der Waals surface area contributed by atoms with Crippen LogP contribution in [0, 0.1) is 5.92 Å². The molecule has 1 atom stereocenters. The van der Waals surface area contributed by atoms with E-state index < -0.39 is 0 Å². The van der Waals surface area contributed by atoms with E-state index in [9.17, 15) is 4.79 Å². The molecule has 2 aromatic rings. The smallest absolute Gasteiger partial charge is 0.239 e. The summed E-state index contributed by atoms with van der Waals surface area (Å²) in [5.41, 5.74) is 6.03. The molecule has 23 heavy (non-hydrogen) atoms. The van der Waals surface area contributed by atoms with Crippen molar-refractivity contribution in [3.05, 3.63) is 17.8 Å². The van der Waals surface area contributed by atoms with E-state index in [0.29, 0.717) is 19.0 Å². The van der Waals surface area contributed by atoms with Crippen molar-refractivity contribution in [1.82, 2.24) is 14.9 Å². The largest absolute Gasteiger partial charge is 0.352 e. The van der Waals surface area contributed by atoms with Crippen LogP contribution in [0.1, 0.15) is 20.3 Å². The van der Waals surface area contributed by atoms with Gasteiger partial charge >= 0.3 is 0 Å². The number of thiophene rings is 1. The number of carbonyl (C=O) groups excluding carboxylic acids is 1. The first kappa shape index (κ1) is 16.1. The molecule has 1 aliphatic heterocycles. The Morgan fingerprint density at radius 3 is 2.74 bits per heavy atom. The second kappa shape index (κ2) is 6.80. The summed E-state index contributed by atoms with van der Waals surface area (Å²) in [6, 6.07) is 1.68. The van der Waals surface area contributed by atoms with E-state index in [1.54, 1.807) is 17.7 Å². The summed E-state index contributed by atoms with van der Waals surface area (Å²) in [7, 11) is 0. The molecule has 1 aliphatic rings. The Labute approximate surface area is 140 Å². The van der Waals surface area contributed by atoms with Crippen LogP contribution in [0.15, 0.2) is 17.8 Å². The predicted octanol–water partition coefficient (Wildman–Crippen LogP) is 1.71. The Morgan fingerprint density at radius 2 is 2.04 bits per heavy atom. The lowest BCUT2D eigenvalue weighted by Crippen LogP contribution is -2.53. The summed E-state index contributed by atoms with van der Waals surface area (Å²) < 4.78 is 0. The molecule has 0 radical (unpaired) electrons. The van der Waals surface area contributed by atoms with Crippen LogP contribution in [0.25, 0.3) is 10.2 Å². The third kappa shape index (κ3) is 3.45. The molecule has 3 heterocycles. The molecule has 1 amide bonds. The molecule has 1 fully saturated rings. The fourth-order valence-corrected chi connectivity index (χ4v) is 3.74. The second-order valence-electron chi connectivity index (χ2n) is 6.39. The van der Waals surface area contributed by atoms with E-state index >= 15 is 0 Å². The molecule has 6 nitrogen and oxygen atoms in total. The maximum Gasteiger partial charge on any atom is 0.239 e. The summed E-state index contributed by atoms with van der Waals surface area (Å²) in [6.07, 6.45) is 2.35. The summed E-state index contributed by atoms with van der Waals surface area (Å²) in [6.45, 7) is 7.13. The second-order valence-corrected chi connectivity index (χ2v) is 7.28. The third-order valence-electron chi connectivity index (χ3n) is 4.17. The van der Waals surface area contributed by atoms with Crippen molar-refractivity contribution in [2.24, 2.45) is 11.7 Å². The molecule has 2 N–H and O–H groups in total. The fraction of sp³-hybridized carbons (Fsp3) is 0.562. The van der Waals surface area contributed by atoms with Crippen LogP contribution in [0.3, 0.4) is 0 Å². The monoisotopic (exact) mass is 333 g/mol. The highest BCUT2D eigenvalue weighted by Gasteiger charge is 2.26. The minimum absolute atomic E-state index is 0.0710. The Hall–Kier alpha value is -1.73. The molecule has 0 bridgehead atoms. The van der Waals surface area contributed by atoms with Gasteiger partial charge < -0.3 is 15.5 Å². The van der Waals surface area contributed by atoms with E-state index in [-0.39, 0.29) is 11.9 Å². The standard InChI is InChI=1S/C16H23N5OS/c1-11(2)9-13(17)16(22)21-6-4-20(5-7-21)14-12-3-8-23-15(12)19-10-18-14/h3,8,10-11,13H,4-7,9,17H2,1-2H3/t13-/m0/s1. The van der Waals surface area contributed by atoms with Gasteiger partial charge in [0.2, 0.25) is 5.91 Å². The SMILES string of the molecule is CC(C)C[C@H](N)C(=O)N1CCN(c2ncnc3sccc23)CC1. The zero-order chi connectivity index (χ0) is 16.4. The lowest BCUT2D eigenvalue weighted by atomic mass is 10.0. The highest BCUT2D eigenvalue weighted by molar-refractivity contribution is 7.16. The van der Waals surface area contributed by atoms with Gasteiger partial charge in [-0.05, 0) is 23.8 Å². The maximum absolute atomic E-state index is 12.4. The van der Waals surface area contributed by atoms with Gasteiger partial charge in [-0.2, -0.15) is 0 Å². The molecule has 0 spiro atoms. The van der Waals surface area contributed by atoms with Gasteiger partial charge in [0.15, 0.2) is 0 Å². The molecular weight excluding hydrogens is 310 g/mol. The maximum atomic E-state index is 12.4. The highest BCUT2D eigenvalue weighted by atomic mass is 32.1. The van der Waals surface area contributed by atoms with E-state index in [1.807, 2.05) is 10.3 Å². The van der Waals surface area contributed by atoms with Gasteiger partial charge in [-0.1, -0.05) is 13.8 Å². The third-order valence-corrected chi connectivity index (χ3v) is 4.99. The molecule has 124 valence electrons. The lowest BCUT2D eigenvalue weighted by Gasteiger charge is -2.36. The first-order valence-corrected chi connectivity index (χ1v) is 8.91.